The van der Waals surface area contributed by atoms with Gasteiger partial charge in [0.2, 0.25) is 0 Å². The van der Waals surface area contributed by atoms with Crippen molar-refractivity contribution in [3.63, 3.8) is 0 Å². The van der Waals surface area contributed by atoms with E-state index in [2.05, 4.69) is 18.7 Å². The third-order valence-electron chi connectivity index (χ3n) is 2.73. The topological polar surface area (TPSA) is 41.9 Å². The van der Waals surface area contributed by atoms with E-state index < -0.39 is 0 Å². The Morgan fingerprint density at radius 1 is 1.64 bits per heavy atom. The van der Waals surface area contributed by atoms with Crippen molar-refractivity contribution in [2.45, 2.75) is 32.0 Å². The first-order chi connectivity index (χ1) is 6.69. The average Bonchev–Trinajstić information content (AvgIpc) is 2.19. The first kappa shape index (κ1) is 11.9. The highest BCUT2D eigenvalue weighted by atomic mass is 16.5. The van der Waals surface area contributed by atoms with Crippen LogP contribution in [-0.2, 0) is 9.47 Å². The van der Waals surface area contributed by atoms with Crippen LogP contribution in [0.25, 0.3) is 0 Å². The number of ether oxygens (including phenoxy) is 2. The molecular formula is C10H21NO3. The second kappa shape index (κ2) is 5.66. The van der Waals surface area contributed by atoms with E-state index in [0.29, 0.717) is 18.7 Å². The molecule has 0 radical (unpaired) electrons. The van der Waals surface area contributed by atoms with Gasteiger partial charge in [-0.1, -0.05) is 0 Å². The van der Waals surface area contributed by atoms with Crippen LogP contribution in [-0.4, -0.2) is 61.7 Å². The van der Waals surface area contributed by atoms with E-state index in [0.717, 1.165) is 13.2 Å². The van der Waals surface area contributed by atoms with Crippen LogP contribution in [0.15, 0.2) is 0 Å². The molecule has 0 aromatic heterocycles. The van der Waals surface area contributed by atoms with Gasteiger partial charge in [-0.3, -0.25) is 4.90 Å². The van der Waals surface area contributed by atoms with E-state index in [-0.39, 0.29) is 12.7 Å². The molecule has 0 aromatic rings. The highest BCUT2D eigenvalue weighted by molar-refractivity contribution is 4.80. The summed E-state index contributed by atoms with van der Waals surface area (Å²) in [6, 6.07) is 0.788. The van der Waals surface area contributed by atoms with Gasteiger partial charge in [0.25, 0.3) is 0 Å². The van der Waals surface area contributed by atoms with E-state index in [1.165, 1.54) is 0 Å². The number of aliphatic hydroxyl groups is 1. The zero-order valence-electron chi connectivity index (χ0n) is 9.27. The zero-order chi connectivity index (χ0) is 10.6. The number of nitrogens with zero attached hydrogens (tertiary/aromatic N) is 1. The molecule has 3 unspecified atom stereocenters. The molecule has 4 heteroatoms. The Balaban J connectivity index is 2.46. The zero-order valence-corrected chi connectivity index (χ0v) is 9.27. The minimum Gasteiger partial charge on any atom is -0.394 e. The summed E-state index contributed by atoms with van der Waals surface area (Å²) in [6.07, 6.45) is -0.0366. The van der Waals surface area contributed by atoms with Crippen LogP contribution in [0.1, 0.15) is 13.8 Å². The van der Waals surface area contributed by atoms with Crippen molar-refractivity contribution < 1.29 is 14.6 Å². The fraction of sp³-hybridized carbons (Fsp3) is 1.00. The standard InChI is InChI=1S/C10H21NO3/c1-8(6-13-3)11-4-10(5-12)14-7-9(11)2/h8-10,12H,4-7H2,1-3H3. The molecule has 1 saturated heterocycles. The predicted molar refractivity (Wildman–Crippen MR) is 54.3 cm³/mol. The first-order valence-corrected chi connectivity index (χ1v) is 5.16. The summed E-state index contributed by atoms with van der Waals surface area (Å²) in [7, 11) is 1.71. The molecular weight excluding hydrogens is 182 g/mol. The Kier molecular flexibility index (Phi) is 4.81. The highest BCUT2D eigenvalue weighted by Gasteiger charge is 2.28. The van der Waals surface area contributed by atoms with Crippen LogP contribution in [0.5, 0.6) is 0 Å². The third kappa shape index (κ3) is 2.92. The molecule has 0 amide bonds. The fourth-order valence-electron chi connectivity index (χ4n) is 1.90. The van der Waals surface area contributed by atoms with Crippen molar-refractivity contribution in [3.05, 3.63) is 0 Å². The number of hydrogen-bond donors (Lipinski definition) is 1. The second-order valence-electron chi connectivity index (χ2n) is 3.99. The lowest BCUT2D eigenvalue weighted by Gasteiger charge is -2.40. The van der Waals surface area contributed by atoms with Crippen LogP contribution in [0.2, 0.25) is 0 Å². The molecule has 1 N–H and O–H groups in total. The van der Waals surface area contributed by atoms with Gasteiger partial charge in [0, 0.05) is 25.7 Å². The van der Waals surface area contributed by atoms with E-state index >= 15 is 0 Å². The molecule has 1 heterocycles. The van der Waals surface area contributed by atoms with Crippen molar-refractivity contribution in [1.29, 1.82) is 0 Å². The molecule has 84 valence electrons. The molecule has 4 nitrogen and oxygen atoms in total. The number of rotatable bonds is 4. The molecule has 0 aromatic carbocycles. The molecule has 1 aliphatic heterocycles. The lowest BCUT2D eigenvalue weighted by atomic mass is 10.1. The van der Waals surface area contributed by atoms with Crippen LogP contribution in [0.4, 0.5) is 0 Å². The Hall–Kier alpha value is -0.160. The van der Waals surface area contributed by atoms with Crippen molar-refractivity contribution in [3.8, 4) is 0 Å². The van der Waals surface area contributed by atoms with Gasteiger partial charge in [0.15, 0.2) is 0 Å². The molecule has 1 aliphatic rings. The Bertz CT molecular complexity index is 165. The number of aliphatic hydroxyl groups excluding tert-OH is 1. The summed E-state index contributed by atoms with van der Waals surface area (Å²) in [5, 5.41) is 9.02. The van der Waals surface area contributed by atoms with Crippen molar-refractivity contribution >= 4 is 0 Å². The number of morpholine rings is 1. The summed E-state index contributed by atoms with van der Waals surface area (Å²) in [5.41, 5.74) is 0. The summed E-state index contributed by atoms with van der Waals surface area (Å²) < 4.78 is 10.6. The summed E-state index contributed by atoms with van der Waals surface area (Å²) >= 11 is 0. The molecule has 0 saturated carbocycles. The third-order valence-corrected chi connectivity index (χ3v) is 2.73. The fourth-order valence-corrected chi connectivity index (χ4v) is 1.90. The Labute approximate surface area is 85.8 Å². The maximum atomic E-state index is 9.02. The molecule has 14 heavy (non-hydrogen) atoms. The summed E-state index contributed by atoms with van der Waals surface area (Å²) in [4.78, 5) is 2.33. The molecule has 1 rings (SSSR count). The van der Waals surface area contributed by atoms with Gasteiger partial charge >= 0.3 is 0 Å². The minimum absolute atomic E-state index is 0.0366. The van der Waals surface area contributed by atoms with Crippen molar-refractivity contribution in [2.24, 2.45) is 0 Å². The smallest absolute Gasteiger partial charge is 0.0933 e. The largest absolute Gasteiger partial charge is 0.394 e. The second-order valence-corrected chi connectivity index (χ2v) is 3.99. The van der Waals surface area contributed by atoms with Gasteiger partial charge in [-0.05, 0) is 13.8 Å². The monoisotopic (exact) mass is 203 g/mol. The van der Waals surface area contributed by atoms with Gasteiger partial charge < -0.3 is 14.6 Å². The summed E-state index contributed by atoms with van der Waals surface area (Å²) in [5.74, 6) is 0. The van der Waals surface area contributed by atoms with E-state index in [4.69, 9.17) is 14.6 Å². The Morgan fingerprint density at radius 3 is 2.93 bits per heavy atom. The van der Waals surface area contributed by atoms with Gasteiger partial charge in [-0.25, -0.2) is 0 Å². The molecule has 0 spiro atoms. The normalized spacial score (nSPS) is 31.7. The van der Waals surface area contributed by atoms with Crippen LogP contribution >= 0.6 is 0 Å². The maximum Gasteiger partial charge on any atom is 0.0933 e. The quantitative estimate of drug-likeness (QED) is 0.704. The molecule has 0 aliphatic carbocycles. The van der Waals surface area contributed by atoms with Gasteiger partial charge in [-0.2, -0.15) is 0 Å². The lowest BCUT2D eigenvalue weighted by Crippen LogP contribution is -2.54. The van der Waals surface area contributed by atoms with E-state index in [1.54, 1.807) is 7.11 Å². The van der Waals surface area contributed by atoms with Gasteiger partial charge in [0.05, 0.1) is 25.9 Å². The van der Waals surface area contributed by atoms with Gasteiger partial charge in [0.1, 0.15) is 0 Å². The highest BCUT2D eigenvalue weighted by Crippen LogP contribution is 2.14. The lowest BCUT2D eigenvalue weighted by molar-refractivity contribution is -0.0956. The molecule has 3 atom stereocenters. The SMILES string of the molecule is COCC(C)N1CC(CO)OCC1C. The van der Waals surface area contributed by atoms with Crippen molar-refractivity contribution in [2.75, 3.05) is 33.5 Å². The Morgan fingerprint density at radius 2 is 2.36 bits per heavy atom. The maximum absolute atomic E-state index is 9.02. The first-order valence-electron chi connectivity index (χ1n) is 5.16. The number of methoxy groups -OCH3 is 1. The number of hydrogen-bond acceptors (Lipinski definition) is 4. The van der Waals surface area contributed by atoms with Gasteiger partial charge in [-0.15, -0.1) is 0 Å². The van der Waals surface area contributed by atoms with Crippen LogP contribution < -0.4 is 0 Å². The van der Waals surface area contributed by atoms with Crippen molar-refractivity contribution in [1.82, 2.24) is 4.90 Å². The average molecular weight is 203 g/mol. The molecule has 1 fully saturated rings. The minimum atomic E-state index is -0.0366. The molecule has 0 bridgehead atoms. The van der Waals surface area contributed by atoms with E-state index in [9.17, 15) is 0 Å². The predicted octanol–water partition coefficient (Wildman–Crippen LogP) is 0.103. The van der Waals surface area contributed by atoms with E-state index in [1.807, 2.05) is 0 Å². The van der Waals surface area contributed by atoms with Crippen LogP contribution in [0, 0.1) is 0 Å². The summed E-state index contributed by atoms with van der Waals surface area (Å²) in [6.45, 7) is 6.59. The van der Waals surface area contributed by atoms with Crippen LogP contribution in [0.3, 0.4) is 0 Å².